The Morgan fingerprint density at radius 3 is 2.88 bits per heavy atom. The van der Waals surface area contributed by atoms with Gasteiger partial charge in [0, 0.05) is 11.6 Å². The molecule has 0 saturated heterocycles. The molecule has 7 nitrogen and oxygen atoms in total. The molecule has 0 radical (unpaired) electrons. The van der Waals surface area contributed by atoms with Crippen molar-refractivity contribution in [2.45, 2.75) is 26.2 Å². The van der Waals surface area contributed by atoms with E-state index in [0.717, 1.165) is 30.3 Å². The summed E-state index contributed by atoms with van der Waals surface area (Å²) in [6, 6.07) is 4.42. The van der Waals surface area contributed by atoms with Gasteiger partial charge in [-0.15, -0.1) is 0 Å². The topological polar surface area (TPSA) is 113 Å². The van der Waals surface area contributed by atoms with Gasteiger partial charge >= 0.3 is 0 Å². The Balaban J connectivity index is 1.98. The third-order valence-corrected chi connectivity index (χ3v) is 4.36. The third-order valence-electron chi connectivity index (χ3n) is 4.36. The van der Waals surface area contributed by atoms with E-state index in [1.54, 1.807) is 6.07 Å². The lowest BCUT2D eigenvalue weighted by Gasteiger charge is -2.07. The number of fused-ring (bicyclic) bond motifs is 2. The molecule has 4 aromatic rings. The van der Waals surface area contributed by atoms with Crippen LogP contribution < -0.4 is 5.73 Å². The number of primary amides is 1. The standard InChI is InChI=1S/C18H17FN6O/c1-2-3-4-12-16(14-10-6-5-9(19)7-13(10)24-25-14)23-15-11(17(20)26)8-21-18(15)22-12/h5-8H,2-4H2,1H3,(H2,20,26)(H,21,22)(H,24,25). The number of H-pyrrole nitrogens is 2. The average Bonchev–Trinajstić information content (AvgIpc) is 3.22. The van der Waals surface area contributed by atoms with Crippen molar-refractivity contribution in [3.05, 3.63) is 41.5 Å². The summed E-state index contributed by atoms with van der Waals surface area (Å²) in [6.45, 7) is 2.10. The van der Waals surface area contributed by atoms with Gasteiger partial charge in [0.05, 0.1) is 16.8 Å². The molecule has 4 rings (SSSR count). The summed E-state index contributed by atoms with van der Waals surface area (Å²) in [5, 5.41) is 7.90. The number of nitrogens with two attached hydrogens (primary N) is 1. The number of amides is 1. The van der Waals surface area contributed by atoms with Gasteiger partial charge in [0.15, 0.2) is 5.65 Å². The zero-order valence-corrected chi connectivity index (χ0v) is 14.1. The molecule has 0 aliphatic carbocycles. The summed E-state index contributed by atoms with van der Waals surface area (Å²) in [5.74, 6) is -0.922. The van der Waals surface area contributed by atoms with Crippen LogP contribution in [0.4, 0.5) is 4.39 Å². The van der Waals surface area contributed by atoms with E-state index >= 15 is 0 Å². The van der Waals surface area contributed by atoms with E-state index in [9.17, 15) is 9.18 Å². The largest absolute Gasteiger partial charge is 0.365 e. The van der Waals surface area contributed by atoms with Crippen LogP contribution in [0.5, 0.6) is 0 Å². The fraction of sp³-hybridized carbons (Fsp3) is 0.222. The van der Waals surface area contributed by atoms with E-state index in [-0.39, 0.29) is 11.4 Å². The first kappa shape index (κ1) is 16.2. The molecular formula is C18H17FN6O. The van der Waals surface area contributed by atoms with Crippen molar-refractivity contribution in [2.24, 2.45) is 5.73 Å². The van der Waals surface area contributed by atoms with E-state index in [0.29, 0.717) is 28.1 Å². The molecule has 0 fully saturated rings. The number of rotatable bonds is 5. The quantitative estimate of drug-likeness (QED) is 0.512. The lowest BCUT2D eigenvalue weighted by Crippen LogP contribution is -2.11. The smallest absolute Gasteiger partial charge is 0.252 e. The van der Waals surface area contributed by atoms with Crippen molar-refractivity contribution in [3.63, 3.8) is 0 Å². The van der Waals surface area contributed by atoms with Crippen molar-refractivity contribution in [3.8, 4) is 11.4 Å². The molecule has 132 valence electrons. The lowest BCUT2D eigenvalue weighted by molar-refractivity contribution is 0.100. The van der Waals surface area contributed by atoms with Crippen LogP contribution in [0, 0.1) is 5.82 Å². The first-order valence-electron chi connectivity index (χ1n) is 8.40. The van der Waals surface area contributed by atoms with Gasteiger partial charge in [0.1, 0.15) is 22.7 Å². The molecule has 0 unspecified atom stereocenters. The normalized spacial score (nSPS) is 11.5. The number of hydrogen-bond donors (Lipinski definition) is 3. The second kappa shape index (κ2) is 6.21. The fourth-order valence-corrected chi connectivity index (χ4v) is 3.04. The molecule has 1 amide bonds. The van der Waals surface area contributed by atoms with Crippen LogP contribution in [-0.4, -0.2) is 31.1 Å². The molecule has 3 aromatic heterocycles. The number of hydrogen-bond acceptors (Lipinski definition) is 4. The molecule has 0 aliphatic rings. The highest BCUT2D eigenvalue weighted by Gasteiger charge is 2.20. The lowest BCUT2D eigenvalue weighted by atomic mass is 10.1. The summed E-state index contributed by atoms with van der Waals surface area (Å²) >= 11 is 0. The number of aromatic amines is 2. The third kappa shape index (κ3) is 2.59. The molecule has 0 bridgehead atoms. The monoisotopic (exact) mass is 352 g/mol. The molecule has 0 aliphatic heterocycles. The molecule has 0 spiro atoms. The highest BCUT2D eigenvalue weighted by molar-refractivity contribution is 6.04. The van der Waals surface area contributed by atoms with E-state index in [1.165, 1.54) is 18.3 Å². The molecule has 3 heterocycles. The number of unbranched alkanes of at least 4 members (excludes halogenated alkanes) is 1. The fourth-order valence-electron chi connectivity index (χ4n) is 3.04. The maximum atomic E-state index is 13.5. The maximum absolute atomic E-state index is 13.5. The minimum Gasteiger partial charge on any atom is -0.365 e. The first-order chi connectivity index (χ1) is 12.6. The maximum Gasteiger partial charge on any atom is 0.252 e. The average molecular weight is 352 g/mol. The number of aromatic nitrogens is 5. The molecule has 8 heteroatoms. The number of nitrogens with one attached hydrogen (secondary N) is 2. The summed E-state index contributed by atoms with van der Waals surface area (Å²) in [5.41, 5.74) is 9.13. The van der Waals surface area contributed by atoms with Gasteiger partial charge in [-0.25, -0.2) is 14.4 Å². The van der Waals surface area contributed by atoms with Crippen molar-refractivity contribution in [1.29, 1.82) is 0 Å². The number of carbonyl (C=O) groups is 1. The molecule has 0 atom stereocenters. The minimum atomic E-state index is -0.577. The number of benzene rings is 1. The van der Waals surface area contributed by atoms with Crippen LogP contribution in [0.3, 0.4) is 0 Å². The van der Waals surface area contributed by atoms with E-state index < -0.39 is 5.91 Å². The van der Waals surface area contributed by atoms with Crippen molar-refractivity contribution >= 4 is 28.0 Å². The van der Waals surface area contributed by atoms with Gasteiger partial charge in [-0.2, -0.15) is 5.10 Å². The van der Waals surface area contributed by atoms with Crippen LogP contribution in [0.25, 0.3) is 33.5 Å². The molecule has 0 saturated carbocycles. The molecule has 4 N–H and O–H groups in total. The Labute approximate surface area is 147 Å². The Morgan fingerprint density at radius 1 is 1.27 bits per heavy atom. The van der Waals surface area contributed by atoms with Crippen LogP contribution in [0.1, 0.15) is 35.8 Å². The van der Waals surface area contributed by atoms with E-state index in [1.807, 2.05) is 0 Å². The van der Waals surface area contributed by atoms with Gasteiger partial charge in [0.25, 0.3) is 5.91 Å². The van der Waals surface area contributed by atoms with Gasteiger partial charge in [-0.3, -0.25) is 9.89 Å². The predicted molar refractivity (Wildman–Crippen MR) is 96.1 cm³/mol. The van der Waals surface area contributed by atoms with Gasteiger partial charge < -0.3 is 10.7 Å². The summed E-state index contributed by atoms with van der Waals surface area (Å²) in [6.07, 6.45) is 4.17. The Kier molecular flexibility index (Phi) is 3.87. The predicted octanol–water partition coefficient (Wildman–Crippen LogP) is 3.08. The highest BCUT2D eigenvalue weighted by Crippen LogP contribution is 2.30. The van der Waals surface area contributed by atoms with Crippen LogP contribution in [0.15, 0.2) is 24.4 Å². The van der Waals surface area contributed by atoms with Gasteiger partial charge in [0.2, 0.25) is 0 Å². The Morgan fingerprint density at radius 2 is 2.12 bits per heavy atom. The second-order valence-electron chi connectivity index (χ2n) is 6.15. The number of aryl methyl sites for hydroxylation is 1. The summed E-state index contributed by atoms with van der Waals surface area (Å²) in [7, 11) is 0. The van der Waals surface area contributed by atoms with E-state index in [4.69, 9.17) is 5.73 Å². The minimum absolute atomic E-state index is 0.279. The molecule has 1 aromatic carbocycles. The van der Waals surface area contributed by atoms with Crippen molar-refractivity contribution in [1.82, 2.24) is 25.1 Å². The van der Waals surface area contributed by atoms with Crippen LogP contribution in [0.2, 0.25) is 0 Å². The van der Waals surface area contributed by atoms with E-state index in [2.05, 4.69) is 32.1 Å². The molecule has 26 heavy (non-hydrogen) atoms. The van der Waals surface area contributed by atoms with Crippen LogP contribution in [-0.2, 0) is 6.42 Å². The first-order valence-corrected chi connectivity index (χ1v) is 8.40. The zero-order chi connectivity index (χ0) is 18.3. The molecular weight excluding hydrogens is 335 g/mol. The van der Waals surface area contributed by atoms with Crippen LogP contribution >= 0.6 is 0 Å². The Hall–Kier alpha value is -3.29. The summed E-state index contributed by atoms with van der Waals surface area (Å²) < 4.78 is 13.5. The number of halogens is 1. The van der Waals surface area contributed by atoms with Crippen molar-refractivity contribution in [2.75, 3.05) is 0 Å². The number of nitrogens with zero attached hydrogens (tertiary/aromatic N) is 3. The van der Waals surface area contributed by atoms with Gasteiger partial charge in [-0.1, -0.05) is 13.3 Å². The summed E-state index contributed by atoms with van der Waals surface area (Å²) in [4.78, 5) is 23.9. The zero-order valence-electron chi connectivity index (χ0n) is 14.1. The Bertz CT molecular complexity index is 1130. The highest BCUT2D eigenvalue weighted by atomic mass is 19.1. The van der Waals surface area contributed by atoms with Gasteiger partial charge in [-0.05, 0) is 31.0 Å². The van der Waals surface area contributed by atoms with Crippen molar-refractivity contribution < 1.29 is 9.18 Å². The second-order valence-corrected chi connectivity index (χ2v) is 6.15. The SMILES string of the molecule is CCCCc1nc2[nH]cc(C(N)=O)c2nc1-c1n[nH]c2cc(F)ccc12. The number of carbonyl (C=O) groups excluding carboxylic acids is 1.